The quantitative estimate of drug-likeness (QED) is 0.609. The first-order valence-corrected chi connectivity index (χ1v) is 8.74. The summed E-state index contributed by atoms with van der Waals surface area (Å²) in [6, 6.07) is 30.9. The van der Waals surface area contributed by atoms with Crippen LogP contribution in [0.3, 0.4) is 0 Å². The second kappa shape index (κ2) is 6.56. The maximum absolute atomic E-state index is 13.1. The molecule has 4 rings (SSSR count). The molecule has 3 aromatic rings. The Morgan fingerprint density at radius 1 is 0.720 bits per heavy atom. The van der Waals surface area contributed by atoms with Gasteiger partial charge in [0.2, 0.25) is 5.91 Å². The number of likely N-dealkylation sites (tertiary alicyclic amines) is 1. The topological polar surface area (TPSA) is 20.3 Å². The van der Waals surface area contributed by atoms with Crippen LogP contribution in [-0.4, -0.2) is 10.8 Å². The summed E-state index contributed by atoms with van der Waals surface area (Å²) >= 11 is 0. The number of β-lactam (4-membered cyclic amide) rings is 1. The van der Waals surface area contributed by atoms with Gasteiger partial charge in [0.15, 0.2) is 0 Å². The van der Waals surface area contributed by atoms with E-state index in [9.17, 15) is 4.79 Å². The molecule has 25 heavy (non-hydrogen) atoms. The highest BCUT2D eigenvalue weighted by Crippen LogP contribution is 2.50. The van der Waals surface area contributed by atoms with Crippen molar-refractivity contribution >= 4 is 5.91 Å². The van der Waals surface area contributed by atoms with Gasteiger partial charge in [0, 0.05) is 0 Å². The first-order chi connectivity index (χ1) is 12.3. The zero-order chi connectivity index (χ0) is 17.2. The Morgan fingerprint density at radius 3 is 1.76 bits per heavy atom. The Morgan fingerprint density at radius 2 is 1.20 bits per heavy atom. The number of nitrogens with zero attached hydrogens (tertiary/aromatic N) is 1. The molecule has 0 N–H and O–H groups in total. The summed E-state index contributed by atoms with van der Waals surface area (Å²) in [6.07, 6.45) is 0. The molecular formula is C23H21NO. The highest BCUT2D eigenvalue weighted by Gasteiger charge is 2.50. The predicted molar refractivity (Wildman–Crippen MR) is 100 cm³/mol. The average Bonchev–Trinajstić information content (AvgIpc) is 2.68. The van der Waals surface area contributed by atoms with Crippen molar-refractivity contribution in [1.82, 2.24) is 4.90 Å². The van der Waals surface area contributed by atoms with Crippen LogP contribution in [0.4, 0.5) is 0 Å². The monoisotopic (exact) mass is 327 g/mol. The Kier molecular flexibility index (Phi) is 4.10. The Balaban J connectivity index is 1.73. The molecule has 1 fully saturated rings. The molecule has 2 unspecified atom stereocenters. The summed E-state index contributed by atoms with van der Waals surface area (Å²) < 4.78 is 0. The molecule has 3 atom stereocenters. The van der Waals surface area contributed by atoms with Crippen LogP contribution in [0.25, 0.3) is 0 Å². The van der Waals surface area contributed by atoms with Crippen molar-refractivity contribution in [2.24, 2.45) is 0 Å². The molecular weight excluding hydrogens is 306 g/mol. The van der Waals surface area contributed by atoms with Gasteiger partial charge in [0.1, 0.15) is 0 Å². The molecule has 0 spiro atoms. The zero-order valence-electron chi connectivity index (χ0n) is 14.2. The summed E-state index contributed by atoms with van der Waals surface area (Å²) in [5.74, 6) is 0.103. The highest BCUT2D eigenvalue weighted by molar-refractivity contribution is 5.92. The van der Waals surface area contributed by atoms with E-state index in [0.29, 0.717) is 0 Å². The number of hydrogen-bond donors (Lipinski definition) is 0. The lowest BCUT2D eigenvalue weighted by atomic mass is 9.76. The molecule has 0 saturated carbocycles. The molecule has 1 saturated heterocycles. The molecule has 2 nitrogen and oxygen atoms in total. The fourth-order valence-corrected chi connectivity index (χ4v) is 3.82. The average molecular weight is 327 g/mol. The van der Waals surface area contributed by atoms with E-state index in [1.165, 1.54) is 11.1 Å². The Bertz CT molecular complexity index is 845. The fourth-order valence-electron chi connectivity index (χ4n) is 3.82. The van der Waals surface area contributed by atoms with Gasteiger partial charge >= 0.3 is 0 Å². The van der Waals surface area contributed by atoms with Crippen LogP contribution in [0.15, 0.2) is 91.0 Å². The molecule has 1 amide bonds. The van der Waals surface area contributed by atoms with Gasteiger partial charge in [-0.25, -0.2) is 0 Å². The van der Waals surface area contributed by atoms with Gasteiger partial charge in [-0.2, -0.15) is 0 Å². The minimum absolute atomic E-state index is 0.0545. The molecule has 0 aromatic heterocycles. The van der Waals surface area contributed by atoms with Crippen molar-refractivity contribution in [3.8, 4) is 0 Å². The van der Waals surface area contributed by atoms with E-state index in [4.69, 9.17) is 0 Å². The fraction of sp³-hybridized carbons (Fsp3) is 0.174. The van der Waals surface area contributed by atoms with Crippen molar-refractivity contribution in [2.45, 2.75) is 24.9 Å². The van der Waals surface area contributed by atoms with Gasteiger partial charge < -0.3 is 4.90 Å². The maximum Gasteiger partial charge on any atom is 0.233 e. The number of benzene rings is 3. The third-order valence-electron chi connectivity index (χ3n) is 5.13. The lowest BCUT2D eigenvalue weighted by Crippen LogP contribution is -2.54. The first kappa shape index (κ1) is 15.6. The summed E-state index contributed by atoms with van der Waals surface area (Å²) in [7, 11) is 0. The first-order valence-electron chi connectivity index (χ1n) is 8.74. The van der Waals surface area contributed by atoms with E-state index in [1.54, 1.807) is 0 Å². The summed E-state index contributed by atoms with van der Waals surface area (Å²) in [5, 5.41) is 0. The molecule has 1 aliphatic heterocycles. The molecule has 2 heteroatoms. The SMILES string of the molecule is C[C@@H](c1ccccc1)N1C(=O)C(c2ccccc2)C1c1ccccc1. The van der Waals surface area contributed by atoms with Gasteiger partial charge in [0.05, 0.1) is 18.0 Å². The Hall–Kier alpha value is -2.87. The van der Waals surface area contributed by atoms with E-state index in [0.717, 1.165) is 5.56 Å². The van der Waals surface area contributed by atoms with Crippen molar-refractivity contribution in [3.63, 3.8) is 0 Å². The van der Waals surface area contributed by atoms with E-state index in [1.807, 2.05) is 59.5 Å². The maximum atomic E-state index is 13.1. The van der Waals surface area contributed by atoms with Crippen LogP contribution >= 0.6 is 0 Å². The molecule has 1 aliphatic rings. The number of carbonyl (C=O) groups is 1. The lowest BCUT2D eigenvalue weighted by molar-refractivity contribution is -0.154. The molecule has 0 bridgehead atoms. The lowest BCUT2D eigenvalue weighted by Gasteiger charge is -2.51. The van der Waals surface area contributed by atoms with Crippen LogP contribution in [0.2, 0.25) is 0 Å². The second-order valence-corrected chi connectivity index (χ2v) is 6.58. The summed E-state index contributed by atoms with van der Waals surface area (Å²) in [5.41, 5.74) is 3.46. The smallest absolute Gasteiger partial charge is 0.233 e. The van der Waals surface area contributed by atoms with Gasteiger partial charge in [-0.05, 0) is 23.6 Å². The van der Waals surface area contributed by atoms with Crippen LogP contribution in [0, 0.1) is 0 Å². The van der Waals surface area contributed by atoms with Gasteiger partial charge in [0.25, 0.3) is 0 Å². The molecule has 3 aromatic carbocycles. The van der Waals surface area contributed by atoms with Crippen molar-refractivity contribution < 1.29 is 4.79 Å². The Labute approximate surface area is 148 Å². The number of carbonyl (C=O) groups excluding carboxylic acids is 1. The van der Waals surface area contributed by atoms with Gasteiger partial charge in [-0.3, -0.25) is 4.79 Å². The van der Waals surface area contributed by atoms with Crippen molar-refractivity contribution in [1.29, 1.82) is 0 Å². The van der Waals surface area contributed by atoms with Gasteiger partial charge in [-0.15, -0.1) is 0 Å². The predicted octanol–water partition coefficient (Wildman–Crippen LogP) is 5.11. The minimum Gasteiger partial charge on any atom is -0.327 e. The summed E-state index contributed by atoms with van der Waals surface area (Å²) in [4.78, 5) is 15.1. The zero-order valence-corrected chi connectivity index (χ0v) is 14.2. The minimum atomic E-state index is -0.102. The largest absolute Gasteiger partial charge is 0.327 e. The number of hydrogen-bond acceptors (Lipinski definition) is 1. The van der Waals surface area contributed by atoms with E-state index in [2.05, 4.69) is 43.3 Å². The van der Waals surface area contributed by atoms with E-state index in [-0.39, 0.29) is 23.9 Å². The number of rotatable bonds is 4. The molecule has 0 aliphatic carbocycles. The third-order valence-corrected chi connectivity index (χ3v) is 5.13. The highest BCUT2D eigenvalue weighted by atomic mass is 16.2. The third kappa shape index (κ3) is 2.74. The molecule has 0 radical (unpaired) electrons. The van der Waals surface area contributed by atoms with Crippen molar-refractivity contribution in [3.05, 3.63) is 108 Å². The van der Waals surface area contributed by atoms with Crippen LogP contribution < -0.4 is 0 Å². The summed E-state index contributed by atoms with van der Waals surface area (Å²) in [6.45, 7) is 2.12. The van der Waals surface area contributed by atoms with E-state index < -0.39 is 0 Å². The van der Waals surface area contributed by atoms with Crippen LogP contribution in [0.1, 0.15) is 41.6 Å². The standard InChI is InChI=1S/C23H21NO/c1-17(18-11-5-2-6-12-18)24-22(20-15-9-4-10-16-20)21(23(24)25)19-13-7-3-8-14-19/h2-17,21-22H,1H3/t17-,21?,22?/m0/s1. The van der Waals surface area contributed by atoms with Crippen LogP contribution in [-0.2, 0) is 4.79 Å². The molecule has 124 valence electrons. The normalized spacial score (nSPS) is 20.8. The van der Waals surface area contributed by atoms with E-state index >= 15 is 0 Å². The molecule has 1 heterocycles. The van der Waals surface area contributed by atoms with Crippen molar-refractivity contribution in [2.75, 3.05) is 0 Å². The number of amides is 1. The second-order valence-electron chi connectivity index (χ2n) is 6.58. The van der Waals surface area contributed by atoms with Gasteiger partial charge in [-0.1, -0.05) is 91.0 Å². The van der Waals surface area contributed by atoms with Crippen LogP contribution in [0.5, 0.6) is 0 Å².